The molecule has 0 saturated heterocycles. The highest BCUT2D eigenvalue weighted by Crippen LogP contribution is 1.91. The number of hydrogen-bond acceptors (Lipinski definition) is 2. The summed E-state index contributed by atoms with van der Waals surface area (Å²) in [5, 5.41) is 0. The summed E-state index contributed by atoms with van der Waals surface area (Å²) in [5.41, 5.74) is 0. The molecule has 0 unspecified atom stereocenters. The Balaban J connectivity index is 3.19. The van der Waals surface area contributed by atoms with Crippen LogP contribution in [0.2, 0.25) is 0 Å². The zero-order valence-electron chi connectivity index (χ0n) is 11.1. The van der Waals surface area contributed by atoms with Gasteiger partial charge in [-0.2, -0.15) is 9.79 Å². The van der Waals surface area contributed by atoms with Crippen molar-refractivity contribution in [3.63, 3.8) is 0 Å². The molecule has 0 bridgehead atoms. The van der Waals surface area contributed by atoms with Crippen LogP contribution in [0.25, 0.3) is 0 Å². The third-order valence-electron chi connectivity index (χ3n) is 2.15. The van der Waals surface area contributed by atoms with Crippen molar-refractivity contribution in [2.24, 2.45) is 0 Å². The van der Waals surface area contributed by atoms with Crippen LogP contribution in [0.15, 0.2) is 107 Å². The Morgan fingerprint density at radius 3 is 0.800 bits per heavy atom. The lowest BCUT2D eigenvalue weighted by Crippen LogP contribution is -1.59. The summed E-state index contributed by atoms with van der Waals surface area (Å²) in [7, 11) is 0. The summed E-state index contributed by atoms with van der Waals surface area (Å²) in [6.45, 7) is 0. The Morgan fingerprint density at radius 2 is 0.550 bits per heavy atom. The molecule has 102 valence electrons. The minimum Gasteiger partial charge on any atom is -0.780 e. The lowest BCUT2D eigenvalue weighted by Gasteiger charge is -1.97. The topological polar surface area (TPSA) is 0 Å². The Morgan fingerprint density at radius 1 is 0.350 bits per heavy atom. The highest BCUT2D eigenvalue weighted by molar-refractivity contribution is 7.59. The summed E-state index contributed by atoms with van der Waals surface area (Å²) in [6, 6.07) is 30.7. The fourth-order valence-electron chi connectivity index (χ4n) is 1.23. The second kappa shape index (κ2) is 11.0. The molecule has 0 aliphatic rings. The van der Waals surface area contributed by atoms with E-state index in [0.717, 1.165) is 9.79 Å². The summed E-state index contributed by atoms with van der Waals surface area (Å²) < 4.78 is 0. The zero-order valence-corrected chi connectivity index (χ0v) is 12.7. The first-order chi connectivity index (χ1) is 9.79. The molecule has 1 rings (SSSR count). The molecule has 0 aliphatic carbocycles. The normalized spacial score (nSPS) is 8.40. The minimum absolute atomic E-state index is 0.788. The number of hydrogen-bond donors (Lipinski definition) is 0. The van der Waals surface area contributed by atoms with Crippen molar-refractivity contribution in [2.45, 2.75) is 9.79 Å². The average Bonchev–Trinajstić information content (AvgIpc) is 2.43. The molecular formula is C18H16S2-2. The van der Waals surface area contributed by atoms with E-state index in [1.165, 1.54) is 0 Å². The van der Waals surface area contributed by atoms with Gasteiger partial charge in [-0.1, -0.05) is 97.1 Å². The summed E-state index contributed by atoms with van der Waals surface area (Å²) in [5.74, 6) is 0. The van der Waals surface area contributed by atoms with Crippen molar-refractivity contribution in [3.05, 3.63) is 97.1 Å². The van der Waals surface area contributed by atoms with Crippen LogP contribution in [0.5, 0.6) is 0 Å². The molecule has 0 spiro atoms. The molecule has 0 heterocycles. The lowest BCUT2D eigenvalue weighted by molar-refractivity contribution is 1.50. The van der Waals surface area contributed by atoms with Gasteiger partial charge in [-0.25, -0.2) is 0 Å². The molecule has 0 nitrogen and oxygen atoms in total. The predicted octanol–water partition coefficient (Wildman–Crippen LogP) is 4.87. The summed E-state index contributed by atoms with van der Waals surface area (Å²) in [6.07, 6.45) is 0. The fourth-order valence-corrected chi connectivity index (χ4v) is 1.54. The second-order valence-corrected chi connectivity index (χ2v) is 4.72. The first kappa shape index (κ1) is 16.2. The Bertz CT molecular complexity index is 530. The van der Waals surface area contributed by atoms with E-state index < -0.39 is 0 Å². The van der Waals surface area contributed by atoms with Crippen LogP contribution in [0, 0.1) is 0 Å². The molecule has 0 N–H and O–H groups in total. The van der Waals surface area contributed by atoms with Crippen molar-refractivity contribution >= 4 is 25.3 Å². The van der Waals surface area contributed by atoms with Gasteiger partial charge in [0.2, 0.25) is 0 Å². The summed E-state index contributed by atoms with van der Waals surface area (Å²) >= 11 is 10.4. The first-order valence-corrected chi connectivity index (χ1v) is 7.05. The third-order valence-corrected chi connectivity index (χ3v) is 2.70. The van der Waals surface area contributed by atoms with Gasteiger partial charge < -0.3 is 25.3 Å². The minimum atomic E-state index is 0.788. The zero-order chi connectivity index (χ0) is 14.5. The standard InChI is InChI=1S/C18H18S2/c19-17-13-9-5-2-1-3-6-10-14-18(20)16-12-8-4-7-11-15-17/h1-16,19-20H/p-2. The molecule has 2 heteroatoms. The van der Waals surface area contributed by atoms with Gasteiger partial charge >= 0.3 is 0 Å². The fraction of sp³-hybridized carbons (Fsp3) is 0. The Labute approximate surface area is 132 Å². The van der Waals surface area contributed by atoms with E-state index in [1.54, 1.807) is 0 Å². The van der Waals surface area contributed by atoms with E-state index in [2.05, 4.69) is 0 Å². The molecule has 1 aromatic rings. The smallest absolute Gasteiger partial charge is 0.0623 e. The molecule has 0 aromatic heterocycles. The predicted molar refractivity (Wildman–Crippen MR) is 90.6 cm³/mol. The lowest BCUT2D eigenvalue weighted by atomic mass is 10.4. The van der Waals surface area contributed by atoms with Crippen LogP contribution >= 0.6 is 0 Å². The molecule has 0 amide bonds. The van der Waals surface area contributed by atoms with Crippen molar-refractivity contribution in [1.82, 2.24) is 0 Å². The van der Waals surface area contributed by atoms with Gasteiger partial charge in [-0.3, -0.25) is 0 Å². The third kappa shape index (κ3) is 9.09. The molecule has 0 atom stereocenters. The van der Waals surface area contributed by atoms with Crippen LogP contribution in [0.1, 0.15) is 0 Å². The molecule has 0 aliphatic heterocycles. The second-order valence-electron chi connectivity index (χ2n) is 3.78. The monoisotopic (exact) mass is 296 g/mol. The van der Waals surface area contributed by atoms with E-state index in [9.17, 15) is 0 Å². The highest BCUT2D eigenvalue weighted by atomic mass is 32.1. The summed E-state index contributed by atoms with van der Waals surface area (Å²) in [4.78, 5) is 1.58. The van der Waals surface area contributed by atoms with Gasteiger partial charge in [0, 0.05) is 0 Å². The maximum absolute atomic E-state index is 5.18. The van der Waals surface area contributed by atoms with Crippen LogP contribution in [-0.4, -0.2) is 0 Å². The molecule has 1 aromatic carbocycles. The maximum atomic E-state index is 5.18. The molecule has 0 radical (unpaired) electrons. The van der Waals surface area contributed by atoms with E-state index in [4.69, 9.17) is 25.3 Å². The average molecular weight is 296 g/mol. The largest absolute Gasteiger partial charge is 0.780 e. The van der Waals surface area contributed by atoms with Crippen molar-refractivity contribution in [3.8, 4) is 0 Å². The van der Waals surface area contributed by atoms with E-state index in [1.807, 2.05) is 97.1 Å². The quantitative estimate of drug-likeness (QED) is 0.626. The first-order valence-electron chi connectivity index (χ1n) is 6.23. The molecule has 0 fully saturated rings. The van der Waals surface area contributed by atoms with Crippen molar-refractivity contribution in [1.29, 1.82) is 0 Å². The van der Waals surface area contributed by atoms with Gasteiger partial charge in [0.25, 0.3) is 0 Å². The highest BCUT2D eigenvalue weighted by Gasteiger charge is 1.63. The van der Waals surface area contributed by atoms with E-state index in [-0.39, 0.29) is 0 Å². The van der Waals surface area contributed by atoms with Gasteiger partial charge in [0.15, 0.2) is 0 Å². The Kier molecular flexibility index (Phi) is 8.86. The van der Waals surface area contributed by atoms with Gasteiger partial charge in [0.05, 0.1) is 0 Å². The van der Waals surface area contributed by atoms with Crippen molar-refractivity contribution < 1.29 is 0 Å². The van der Waals surface area contributed by atoms with Crippen molar-refractivity contribution in [2.75, 3.05) is 0 Å². The maximum Gasteiger partial charge on any atom is -0.0623 e. The van der Waals surface area contributed by atoms with E-state index in [0.29, 0.717) is 0 Å². The molecule has 0 saturated carbocycles. The van der Waals surface area contributed by atoms with Crippen LogP contribution in [-0.2, 0) is 25.3 Å². The molecular weight excluding hydrogens is 280 g/mol. The van der Waals surface area contributed by atoms with Gasteiger partial charge in [-0.15, -0.1) is 0 Å². The van der Waals surface area contributed by atoms with Gasteiger partial charge in [-0.05, 0) is 0 Å². The Hall–Kier alpha value is -1.90. The SMILES string of the molecule is [S-]c1cccccccccc([S-])ccccccc1. The number of rotatable bonds is 0. The molecule has 20 heavy (non-hydrogen) atoms. The van der Waals surface area contributed by atoms with Crippen LogP contribution < -0.4 is 0 Å². The van der Waals surface area contributed by atoms with Gasteiger partial charge in [0.1, 0.15) is 0 Å². The van der Waals surface area contributed by atoms with E-state index >= 15 is 0 Å². The van der Waals surface area contributed by atoms with Crippen LogP contribution in [0.4, 0.5) is 0 Å². The van der Waals surface area contributed by atoms with Crippen LogP contribution in [0.3, 0.4) is 0 Å².